The summed E-state index contributed by atoms with van der Waals surface area (Å²) in [4.78, 5) is 23.4. The Morgan fingerprint density at radius 3 is 2.88 bits per heavy atom. The summed E-state index contributed by atoms with van der Waals surface area (Å²) < 4.78 is 19.4. The number of nitrogens with one attached hydrogen (secondary N) is 1. The summed E-state index contributed by atoms with van der Waals surface area (Å²) in [6.45, 7) is 1.58. The summed E-state index contributed by atoms with van der Waals surface area (Å²) >= 11 is 1.32. The van der Waals surface area contributed by atoms with Crippen molar-refractivity contribution in [1.82, 2.24) is 20.4 Å². The maximum Gasteiger partial charge on any atom is 0.273 e. The third kappa shape index (κ3) is 5.14. The number of nitrogens with two attached hydrogens (primary N) is 1. The molecule has 10 nitrogen and oxygen atoms in total. The summed E-state index contributed by atoms with van der Waals surface area (Å²) in [5.41, 5.74) is 12.7. The molecule has 0 fully saturated rings. The van der Waals surface area contributed by atoms with Crippen molar-refractivity contribution in [2.24, 2.45) is 4.99 Å². The van der Waals surface area contributed by atoms with Crippen LogP contribution in [0.1, 0.15) is 35.0 Å². The standard InChI is InChI=1S/C22H25FN6O4S/c1-11-19-17(27-21(24)25-11)8-16(26-20(19)29-33-6-5-13(31)9-30)14-4-3-12(23)7-15(14)18-10-34-22(28-18)32-2/h3-4,7,10,13,16,30-31H,5-6,8-9H2,1-2H3,(H,26,29)(H2,24,25,27)/t13-,16+/m1/s1. The molecular formula is C22H25FN6O4S. The summed E-state index contributed by atoms with van der Waals surface area (Å²) in [7, 11) is 1.53. The number of aryl methyl sites for hydroxylation is 1. The first-order valence-electron chi connectivity index (χ1n) is 10.6. The molecule has 0 saturated carbocycles. The van der Waals surface area contributed by atoms with E-state index in [-0.39, 0.29) is 25.6 Å². The number of nitrogens with zero attached hydrogens (tertiary/aromatic N) is 4. The number of aliphatic hydroxyl groups is 2. The number of hydrogen-bond donors (Lipinski definition) is 4. The SMILES string of the molecule is COc1nc(-c2cc(F)ccc2[C@@H]2Cc3nc(N)nc(C)c3C(NOCC[C@@H](O)CO)=N2)cs1. The molecule has 0 spiro atoms. The van der Waals surface area contributed by atoms with Crippen molar-refractivity contribution < 1.29 is 24.2 Å². The molecule has 5 N–H and O–H groups in total. The van der Waals surface area contributed by atoms with Crippen LogP contribution in [0.15, 0.2) is 28.6 Å². The Hall–Kier alpha value is -3.19. The lowest BCUT2D eigenvalue weighted by atomic mass is 9.91. The highest BCUT2D eigenvalue weighted by molar-refractivity contribution is 7.11. The topological polar surface area (TPSA) is 148 Å². The minimum absolute atomic E-state index is 0.135. The highest BCUT2D eigenvalue weighted by atomic mass is 32.1. The summed E-state index contributed by atoms with van der Waals surface area (Å²) in [6.07, 6.45) is -0.230. The molecule has 0 bridgehead atoms. The van der Waals surface area contributed by atoms with Gasteiger partial charge in [0.05, 0.1) is 55.1 Å². The first-order chi connectivity index (χ1) is 16.4. The number of rotatable bonds is 8. The Morgan fingerprint density at radius 1 is 1.32 bits per heavy atom. The van der Waals surface area contributed by atoms with E-state index in [1.54, 1.807) is 18.4 Å². The first kappa shape index (κ1) is 24.0. The second-order valence-corrected chi connectivity index (χ2v) is 8.52. The molecular weight excluding hydrogens is 463 g/mol. The fraction of sp³-hybridized carbons (Fsp3) is 0.364. The average molecular weight is 489 g/mol. The maximum absolute atomic E-state index is 14.2. The average Bonchev–Trinajstić information content (AvgIpc) is 3.30. The largest absolute Gasteiger partial charge is 0.473 e. The lowest BCUT2D eigenvalue weighted by Gasteiger charge is -2.26. The van der Waals surface area contributed by atoms with Gasteiger partial charge in [0, 0.05) is 23.8 Å². The number of benzene rings is 1. The number of nitrogen functional groups attached to an aromatic ring is 1. The Kier molecular flexibility index (Phi) is 7.32. The van der Waals surface area contributed by atoms with Gasteiger partial charge in [-0.1, -0.05) is 17.4 Å². The predicted molar refractivity (Wildman–Crippen MR) is 125 cm³/mol. The number of methoxy groups -OCH3 is 1. The van der Waals surface area contributed by atoms with Crippen LogP contribution in [0.25, 0.3) is 11.3 Å². The summed E-state index contributed by atoms with van der Waals surface area (Å²) in [5.74, 6) is 0.151. The van der Waals surface area contributed by atoms with Gasteiger partial charge in [-0.25, -0.2) is 24.8 Å². The number of aromatic nitrogens is 3. The van der Waals surface area contributed by atoms with Crippen LogP contribution in [0.5, 0.6) is 5.19 Å². The third-order valence-corrected chi connectivity index (χ3v) is 6.13. The number of hydroxylamine groups is 1. The van der Waals surface area contributed by atoms with E-state index < -0.39 is 18.0 Å². The molecule has 2 aromatic heterocycles. The smallest absolute Gasteiger partial charge is 0.273 e. The van der Waals surface area contributed by atoms with Gasteiger partial charge in [0.25, 0.3) is 5.19 Å². The van der Waals surface area contributed by atoms with Crippen molar-refractivity contribution in [3.05, 3.63) is 51.9 Å². The van der Waals surface area contributed by atoms with E-state index in [2.05, 4.69) is 20.4 Å². The molecule has 0 aliphatic carbocycles. The van der Waals surface area contributed by atoms with Gasteiger partial charge in [-0.15, -0.1) is 0 Å². The van der Waals surface area contributed by atoms with E-state index in [4.69, 9.17) is 25.4 Å². The van der Waals surface area contributed by atoms with Crippen LogP contribution in [0.2, 0.25) is 0 Å². The van der Waals surface area contributed by atoms with Crippen molar-refractivity contribution in [2.45, 2.75) is 31.9 Å². The van der Waals surface area contributed by atoms with E-state index in [9.17, 15) is 9.50 Å². The van der Waals surface area contributed by atoms with Gasteiger partial charge in [0.15, 0.2) is 5.84 Å². The van der Waals surface area contributed by atoms with Crippen LogP contribution in [0.3, 0.4) is 0 Å². The summed E-state index contributed by atoms with van der Waals surface area (Å²) in [5, 5.41) is 20.8. The molecule has 34 heavy (non-hydrogen) atoms. The maximum atomic E-state index is 14.2. The summed E-state index contributed by atoms with van der Waals surface area (Å²) in [6, 6.07) is 4.06. The number of amidine groups is 1. The van der Waals surface area contributed by atoms with Crippen molar-refractivity contribution in [1.29, 1.82) is 0 Å². The fourth-order valence-electron chi connectivity index (χ4n) is 3.74. The lowest BCUT2D eigenvalue weighted by Crippen LogP contribution is -2.33. The number of aliphatic hydroxyl groups excluding tert-OH is 2. The second kappa shape index (κ2) is 10.4. The molecule has 2 atom stereocenters. The molecule has 0 amide bonds. The molecule has 1 aromatic carbocycles. The van der Waals surface area contributed by atoms with E-state index in [1.165, 1.54) is 30.6 Å². The van der Waals surface area contributed by atoms with E-state index in [0.717, 1.165) is 5.56 Å². The Labute approximate surface area is 199 Å². The molecule has 4 rings (SSSR count). The predicted octanol–water partition coefficient (Wildman–Crippen LogP) is 1.95. The van der Waals surface area contributed by atoms with Crippen LogP contribution in [0, 0.1) is 12.7 Å². The van der Waals surface area contributed by atoms with E-state index in [0.29, 0.717) is 45.7 Å². The molecule has 3 heterocycles. The molecule has 0 saturated heterocycles. The Bertz CT molecular complexity index is 1200. The van der Waals surface area contributed by atoms with Gasteiger partial charge in [-0.3, -0.25) is 9.83 Å². The van der Waals surface area contributed by atoms with Crippen LogP contribution in [0.4, 0.5) is 10.3 Å². The molecule has 12 heteroatoms. The van der Waals surface area contributed by atoms with Crippen molar-refractivity contribution in [3.63, 3.8) is 0 Å². The molecule has 1 aliphatic rings. The van der Waals surface area contributed by atoms with Crippen molar-refractivity contribution in [2.75, 3.05) is 26.1 Å². The van der Waals surface area contributed by atoms with Gasteiger partial charge in [-0.05, 0) is 24.6 Å². The zero-order chi connectivity index (χ0) is 24.2. The minimum atomic E-state index is -0.878. The fourth-order valence-corrected chi connectivity index (χ4v) is 4.38. The van der Waals surface area contributed by atoms with E-state index >= 15 is 0 Å². The van der Waals surface area contributed by atoms with Crippen molar-refractivity contribution >= 4 is 23.1 Å². The number of anilines is 1. The number of halogens is 1. The molecule has 180 valence electrons. The number of hydrogen-bond acceptors (Lipinski definition) is 11. The van der Waals surface area contributed by atoms with Gasteiger partial charge in [0.1, 0.15) is 5.82 Å². The second-order valence-electron chi connectivity index (χ2n) is 7.70. The van der Waals surface area contributed by atoms with Crippen molar-refractivity contribution in [3.8, 4) is 16.5 Å². The zero-order valence-corrected chi connectivity index (χ0v) is 19.5. The third-order valence-electron chi connectivity index (χ3n) is 5.33. The highest BCUT2D eigenvalue weighted by Gasteiger charge is 2.29. The number of fused-ring (bicyclic) bond motifs is 1. The number of ether oxygens (including phenoxy) is 1. The molecule has 0 radical (unpaired) electrons. The van der Waals surface area contributed by atoms with Gasteiger partial charge in [-0.2, -0.15) is 0 Å². The quantitative estimate of drug-likeness (QED) is 0.276. The Balaban J connectivity index is 1.71. The van der Waals surface area contributed by atoms with Crippen LogP contribution < -0.4 is 16.0 Å². The molecule has 0 unspecified atom stereocenters. The van der Waals surface area contributed by atoms with Crippen LogP contribution in [-0.4, -0.2) is 57.4 Å². The lowest BCUT2D eigenvalue weighted by molar-refractivity contribution is 0.0287. The van der Waals surface area contributed by atoms with Gasteiger partial charge in [0.2, 0.25) is 5.95 Å². The number of thiazole rings is 1. The van der Waals surface area contributed by atoms with E-state index in [1.807, 2.05) is 0 Å². The van der Waals surface area contributed by atoms with Crippen LogP contribution in [-0.2, 0) is 11.3 Å². The zero-order valence-electron chi connectivity index (χ0n) is 18.7. The Morgan fingerprint density at radius 2 is 2.15 bits per heavy atom. The minimum Gasteiger partial charge on any atom is -0.473 e. The highest BCUT2D eigenvalue weighted by Crippen LogP contribution is 2.37. The normalized spacial score (nSPS) is 16.0. The monoisotopic (exact) mass is 488 g/mol. The van der Waals surface area contributed by atoms with Gasteiger partial charge < -0.3 is 20.7 Å². The number of aliphatic imine (C=N–C) groups is 1. The molecule has 3 aromatic rings. The molecule has 1 aliphatic heterocycles. The van der Waals surface area contributed by atoms with Crippen LogP contribution >= 0.6 is 11.3 Å². The first-order valence-corrected chi connectivity index (χ1v) is 11.4. The van der Waals surface area contributed by atoms with Gasteiger partial charge >= 0.3 is 0 Å².